The van der Waals surface area contributed by atoms with Gasteiger partial charge in [-0.1, -0.05) is 18.2 Å². The Labute approximate surface area is 126 Å². The van der Waals surface area contributed by atoms with E-state index in [-0.39, 0.29) is 5.91 Å². The number of nitrogens with zero attached hydrogens (tertiary/aromatic N) is 2. The minimum Gasteiger partial charge on any atom is -0.406 e. The molecule has 3 rings (SSSR count). The summed E-state index contributed by atoms with van der Waals surface area (Å²) in [5.41, 5.74) is 2.39. The first-order valence-corrected chi connectivity index (χ1v) is 6.90. The van der Waals surface area contributed by atoms with Gasteiger partial charge in [0.2, 0.25) is 5.91 Å². The van der Waals surface area contributed by atoms with Crippen LogP contribution in [0, 0.1) is 6.92 Å². The lowest BCUT2D eigenvalue weighted by atomic mass is 10.2. The molecule has 0 radical (unpaired) electrons. The van der Waals surface area contributed by atoms with Crippen LogP contribution in [0.3, 0.4) is 0 Å². The number of rotatable bonds is 3. The summed E-state index contributed by atoms with van der Waals surface area (Å²) >= 11 is 0. The van der Waals surface area contributed by atoms with Crippen LogP contribution in [0.1, 0.15) is 18.5 Å². The summed E-state index contributed by atoms with van der Waals surface area (Å²) in [6.07, 6.45) is 1.56. The molecular formula is C16H15N3O3. The number of carbonyl (C=O) groups is 1. The molecule has 6 nitrogen and oxygen atoms in total. The number of oxazole rings is 1. The highest BCUT2D eigenvalue weighted by atomic mass is 16.4. The molecule has 6 heteroatoms. The zero-order chi connectivity index (χ0) is 15.7. The van der Waals surface area contributed by atoms with E-state index in [4.69, 9.17) is 4.42 Å². The van der Waals surface area contributed by atoms with Gasteiger partial charge in [0, 0.05) is 11.9 Å². The molecule has 1 unspecified atom stereocenters. The highest BCUT2D eigenvalue weighted by molar-refractivity contribution is 5.94. The normalized spacial score (nSPS) is 12.3. The van der Waals surface area contributed by atoms with E-state index >= 15 is 0 Å². The molecular weight excluding hydrogens is 282 g/mol. The van der Waals surface area contributed by atoms with Crippen molar-refractivity contribution in [2.75, 3.05) is 5.32 Å². The van der Waals surface area contributed by atoms with Gasteiger partial charge in [0.25, 0.3) is 0 Å². The molecule has 2 aromatic heterocycles. The number of anilines is 1. The second-order valence-electron chi connectivity index (χ2n) is 5.04. The first-order chi connectivity index (χ1) is 10.6. The van der Waals surface area contributed by atoms with Crippen LogP contribution in [-0.2, 0) is 4.79 Å². The van der Waals surface area contributed by atoms with E-state index < -0.39 is 11.8 Å². The summed E-state index contributed by atoms with van der Waals surface area (Å²) in [6, 6.07) is 10.0. The zero-order valence-electron chi connectivity index (χ0n) is 12.2. The van der Waals surface area contributed by atoms with E-state index in [1.807, 2.05) is 31.2 Å². The Bertz CT molecular complexity index is 895. The number of carbonyl (C=O) groups excluding carboxylic acids is 1. The first-order valence-electron chi connectivity index (χ1n) is 6.90. The topological polar surface area (TPSA) is 77.1 Å². The Morgan fingerprint density at radius 2 is 2.05 bits per heavy atom. The molecule has 112 valence electrons. The summed E-state index contributed by atoms with van der Waals surface area (Å²) in [4.78, 5) is 28.5. The molecule has 1 amide bonds. The van der Waals surface area contributed by atoms with Gasteiger partial charge in [-0.2, -0.15) is 0 Å². The summed E-state index contributed by atoms with van der Waals surface area (Å²) in [7, 11) is 0. The fourth-order valence-corrected chi connectivity index (χ4v) is 2.28. The summed E-state index contributed by atoms with van der Waals surface area (Å²) in [6.45, 7) is 3.54. The van der Waals surface area contributed by atoms with Gasteiger partial charge in [-0.15, -0.1) is 0 Å². The number of aryl methyl sites for hydroxylation is 1. The van der Waals surface area contributed by atoms with Gasteiger partial charge >= 0.3 is 5.76 Å². The number of aromatic nitrogens is 2. The Morgan fingerprint density at radius 3 is 2.82 bits per heavy atom. The van der Waals surface area contributed by atoms with Crippen LogP contribution < -0.4 is 11.1 Å². The van der Waals surface area contributed by atoms with E-state index in [1.165, 1.54) is 4.57 Å². The molecule has 0 bridgehead atoms. The van der Waals surface area contributed by atoms with Gasteiger partial charge in [0.1, 0.15) is 6.04 Å². The van der Waals surface area contributed by atoms with Crippen LogP contribution in [0.5, 0.6) is 0 Å². The van der Waals surface area contributed by atoms with E-state index in [2.05, 4.69) is 10.3 Å². The van der Waals surface area contributed by atoms with Gasteiger partial charge in [0.05, 0.1) is 0 Å². The molecule has 0 aliphatic carbocycles. The van der Waals surface area contributed by atoms with E-state index in [0.29, 0.717) is 16.9 Å². The minimum absolute atomic E-state index is 0.301. The zero-order valence-corrected chi connectivity index (χ0v) is 12.2. The Hall–Kier alpha value is -2.89. The number of hydrogen-bond acceptors (Lipinski definition) is 4. The van der Waals surface area contributed by atoms with Crippen LogP contribution in [0.25, 0.3) is 11.2 Å². The Balaban J connectivity index is 1.94. The van der Waals surface area contributed by atoms with Crippen LogP contribution >= 0.6 is 0 Å². The highest BCUT2D eigenvalue weighted by Crippen LogP contribution is 2.18. The fourth-order valence-electron chi connectivity index (χ4n) is 2.28. The van der Waals surface area contributed by atoms with Gasteiger partial charge in [-0.05, 0) is 37.6 Å². The van der Waals surface area contributed by atoms with Crippen molar-refractivity contribution in [3.05, 3.63) is 58.7 Å². The average Bonchev–Trinajstić information content (AvgIpc) is 2.84. The van der Waals surface area contributed by atoms with Crippen molar-refractivity contribution in [1.29, 1.82) is 0 Å². The van der Waals surface area contributed by atoms with E-state index in [1.54, 1.807) is 25.3 Å². The van der Waals surface area contributed by atoms with E-state index in [0.717, 1.165) is 5.56 Å². The molecule has 22 heavy (non-hydrogen) atoms. The standard InChI is InChI=1S/C16H15N3O3/c1-10-6-3-4-7-12(10)18-15(20)11(2)19-14-13(22-16(19)21)8-5-9-17-14/h3-9,11H,1-2H3,(H,18,20). The number of pyridine rings is 1. The molecule has 0 aliphatic heterocycles. The first kappa shape index (κ1) is 14.1. The van der Waals surface area contributed by atoms with Crippen LogP contribution in [0.2, 0.25) is 0 Å². The molecule has 0 spiro atoms. The molecule has 0 fully saturated rings. The maximum absolute atomic E-state index is 12.4. The summed E-state index contributed by atoms with van der Waals surface area (Å²) < 4.78 is 6.36. The lowest BCUT2D eigenvalue weighted by Crippen LogP contribution is -2.29. The Morgan fingerprint density at radius 1 is 1.27 bits per heavy atom. The summed E-state index contributed by atoms with van der Waals surface area (Å²) in [5.74, 6) is -0.897. The van der Waals surface area contributed by atoms with Crippen LogP contribution in [-0.4, -0.2) is 15.5 Å². The van der Waals surface area contributed by atoms with Gasteiger partial charge in [0.15, 0.2) is 11.2 Å². The third kappa shape index (κ3) is 2.39. The lowest BCUT2D eigenvalue weighted by Gasteiger charge is -2.14. The van der Waals surface area contributed by atoms with Gasteiger partial charge in [-0.3, -0.25) is 4.79 Å². The third-order valence-electron chi connectivity index (χ3n) is 3.54. The fraction of sp³-hybridized carbons (Fsp3) is 0.188. The molecule has 0 saturated heterocycles. The molecule has 1 atom stereocenters. The number of nitrogens with one attached hydrogen (secondary N) is 1. The lowest BCUT2D eigenvalue weighted by molar-refractivity contribution is -0.118. The summed E-state index contributed by atoms with van der Waals surface area (Å²) in [5, 5.41) is 2.82. The number of para-hydroxylation sites is 1. The second-order valence-corrected chi connectivity index (χ2v) is 5.04. The molecule has 0 aliphatic rings. The van der Waals surface area contributed by atoms with Crippen molar-refractivity contribution in [3.63, 3.8) is 0 Å². The predicted octanol–water partition coefficient (Wildman–Crippen LogP) is 2.50. The van der Waals surface area contributed by atoms with Gasteiger partial charge < -0.3 is 9.73 Å². The third-order valence-corrected chi connectivity index (χ3v) is 3.54. The Kier molecular flexibility index (Phi) is 3.50. The molecule has 3 aromatic rings. The number of hydrogen-bond donors (Lipinski definition) is 1. The molecule has 1 N–H and O–H groups in total. The quantitative estimate of drug-likeness (QED) is 0.805. The second kappa shape index (κ2) is 5.48. The number of benzene rings is 1. The number of fused-ring (bicyclic) bond motifs is 1. The van der Waals surface area contributed by atoms with Crippen molar-refractivity contribution in [2.24, 2.45) is 0 Å². The minimum atomic E-state index is -0.733. The predicted molar refractivity (Wildman–Crippen MR) is 82.8 cm³/mol. The van der Waals surface area contributed by atoms with Crippen molar-refractivity contribution in [1.82, 2.24) is 9.55 Å². The van der Waals surface area contributed by atoms with Gasteiger partial charge in [-0.25, -0.2) is 14.3 Å². The monoisotopic (exact) mass is 297 g/mol. The molecule has 0 saturated carbocycles. The molecule has 1 aromatic carbocycles. The van der Waals surface area contributed by atoms with Crippen molar-refractivity contribution < 1.29 is 9.21 Å². The van der Waals surface area contributed by atoms with E-state index in [9.17, 15) is 9.59 Å². The van der Waals surface area contributed by atoms with Crippen molar-refractivity contribution >= 4 is 22.8 Å². The highest BCUT2D eigenvalue weighted by Gasteiger charge is 2.22. The van der Waals surface area contributed by atoms with Crippen LogP contribution in [0.15, 0.2) is 51.8 Å². The van der Waals surface area contributed by atoms with Crippen molar-refractivity contribution in [3.8, 4) is 0 Å². The largest absolute Gasteiger partial charge is 0.421 e. The maximum atomic E-state index is 12.4. The smallest absolute Gasteiger partial charge is 0.406 e. The molecule has 2 heterocycles. The SMILES string of the molecule is Cc1ccccc1NC(=O)C(C)n1c(=O)oc2cccnc21. The average molecular weight is 297 g/mol. The number of amides is 1. The van der Waals surface area contributed by atoms with Crippen molar-refractivity contribution in [2.45, 2.75) is 19.9 Å². The maximum Gasteiger partial charge on any atom is 0.421 e. The van der Waals surface area contributed by atoms with Crippen LogP contribution in [0.4, 0.5) is 5.69 Å².